The Morgan fingerprint density at radius 2 is 1.22 bits per heavy atom. The van der Waals surface area contributed by atoms with E-state index in [1.54, 1.807) is 60.8 Å². The lowest BCUT2D eigenvalue weighted by molar-refractivity contribution is -0.148. The van der Waals surface area contributed by atoms with Crippen LogP contribution in [0.1, 0.15) is 61.9 Å². The summed E-state index contributed by atoms with van der Waals surface area (Å²) in [7, 11) is 0. The fourth-order valence-electron chi connectivity index (χ4n) is 6.79. The lowest BCUT2D eigenvalue weighted by Gasteiger charge is -2.18. The van der Waals surface area contributed by atoms with Crippen molar-refractivity contribution in [2.45, 2.75) is 31.4 Å². The molecule has 0 saturated carbocycles. The number of nitrogens with one attached hydrogen (secondary N) is 1. The quantitative estimate of drug-likeness (QED) is 0.00821. The molecule has 1 aliphatic rings. The molecule has 5 aromatic rings. The van der Waals surface area contributed by atoms with Crippen molar-refractivity contribution in [3.05, 3.63) is 187 Å². The highest BCUT2D eigenvalue weighted by molar-refractivity contribution is 5.93. The number of ether oxygens (including phenoxy) is 8. The largest absolute Gasteiger partial charge is 0.490 e. The first-order valence-corrected chi connectivity index (χ1v) is 21.6. The van der Waals surface area contributed by atoms with E-state index in [0.717, 1.165) is 46.0 Å². The zero-order chi connectivity index (χ0) is 48.1. The Labute approximate surface area is 393 Å². The zero-order valence-corrected chi connectivity index (χ0v) is 37.2. The standard InChI is InChI=1S/C53H50N2O13/c1-4-48(56)62-29-12-11-28-61-33-42(67-50(58)6-3)34-64-40-22-20-38(21-23-40)53(60)68-47-26-17-36(27-30-63-52(59)37-18-24-41(25-19-37)65-35-66-49(57)5-2)31-39(47)32-54-55-51-45-15-9-7-13-43(45)44-14-8-10-16-46(44)51/h4-10,13-26,31-32,42,51,55H,1-3,11-12,27-30,33-35H2. The molecule has 0 amide bonds. The minimum atomic E-state index is -0.756. The van der Waals surface area contributed by atoms with Gasteiger partial charge < -0.3 is 37.9 Å². The van der Waals surface area contributed by atoms with Gasteiger partial charge in [-0.2, -0.15) is 5.10 Å². The first-order chi connectivity index (χ1) is 33.1. The molecule has 1 unspecified atom stereocenters. The molecule has 68 heavy (non-hydrogen) atoms. The number of carbonyl (C=O) groups excluding carboxylic acids is 5. The van der Waals surface area contributed by atoms with Crippen molar-refractivity contribution < 1.29 is 61.9 Å². The number of hydrazone groups is 1. The highest BCUT2D eigenvalue weighted by Crippen LogP contribution is 2.43. The van der Waals surface area contributed by atoms with Crippen LogP contribution in [0.4, 0.5) is 0 Å². The van der Waals surface area contributed by atoms with Crippen molar-refractivity contribution >= 4 is 36.1 Å². The number of rotatable bonds is 26. The van der Waals surface area contributed by atoms with Gasteiger partial charge in [0.25, 0.3) is 0 Å². The number of carbonyl (C=O) groups is 5. The molecule has 15 nitrogen and oxygen atoms in total. The number of hydrogen-bond donors (Lipinski definition) is 1. The smallest absolute Gasteiger partial charge is 0.343 e. The minimum absolute atomic E-state index is 0.0405. The van der Waals surface area contributed by atoms with E-state index in [-0.39, 0.29) is 50.6 Å². The maximum atomic E-state index is 13.6. The van der Waals surface area contributed by atoms with Gasteiger partial charge in [-0.25, -0.2) is 24.0 Å². The summed E-state index contributed by atoms with van der Waals surface area (Å²) in [5, 5.41) is 4.63. The molecule has 0 saturated heterocycles. The second-order valence-corrected chi connectivity index (χ2v) is 14.8. The highest BCUT2D eigenvalue weighted by atomic mass is 16.7. The predicted octanol–water partition coefficient (Wildman–Crippen LogP) is 8.07. The number of hydrogen-bond acceptors (Lipinski definition) is 15. The summed E-state index contributed by atoms with van der Waals surface area (Å²) >= 11 is 0. The van der Waals surface area contributed by atoms with Crippen molar-refractivity contribution in [2.24, 2.45) is 5.10 Å². The van der Waals surface area contributed by atoms with Crippen LogP contribution >= 0.6 is 0 Å². The Balaban J connectivity index is 1.09. The maximum absolute atomic E-state index is 13.6. The summed E-state index contributed by atoms with van der Waals surface area (Å²) in [6.45, 7) is 10.5. The Bertz CT molecular complexity index is 2560. The van der Waals surface area contributed by atoms with Gasteiger partial charge in [-0.05, 0) is 101 Å². The van der Waals surface area contributed by atoms with Crippen LogP contribution in [0.15, 0.2) is 158 Å². The molecular weight excluding hydrogens is 873 g/mol. The fraction of sp³-hybridized carbons (Fsp3) is 0.208. The Kier molecular flexibility index (Phi) is 18.4. The average Bonchev–Trinajstić information content (AvgIpc) is 3.68. The third-order valence-corrected chi connectivity index (χ3v) is 10.2. The SMILES string of the molecule is C=CC(=O)OCCCCOCC(COc1ccc(C(=O)Oc2ccc(CCOC(=O)c3ccc(OCOC(=O)C=C)cc3)cc2C=NNC2c3ccccc3-c3ccccc32)cc1)OC(=O)C=C. The fourth-order valence-corrected chi connectivity index (χ4v) is 6.79. The zero-order valence-electron chi connectivity index (χ0n) is 37.2. The first kappa shape index (κ1) is 49.1. The molecule has 1 atom stereocenters. The number of benzene rings is 5. The molecule has 6 rings (SSSR count). The van der Waals surface area contributed by atoms with E-state index in [1.165, 1.54) is 12.1 Å². The van der Waals surface area contributed by atoms with Gasteiger partial charge in [0.1, 0.15) is 23.9 Å². The van der Waals surface area contributed by atoms with Gasteiger partial charge in [0.15, 0.2) is 6.10 Å². The second kappa shape index (κ2) is 25.4. The van der Waals surface area contributed by atoms with Crippen molar-refractivity contribution in [1.82, 2.24) is 5.43 Å². The molecule has 0 bridgehead atoms. The van der Waals surface area contributed by atoms with Gasteiger partial charge >= 0.3 is 29.8 Å². The van der Waals surface area contributed by atoms with Crippen LogP contribution < -0.4 is 19.6 Å². The maximum Gasteiger partial charge on any atom is 0.343 e. The molecule has 0 aliphatic heterocycles. The molecule has 0 heterocycles. The molecule has 0 spiro atoms. The molecule has 0 aromatic heterocycles. The van der Waals surface area contributed by atoms with Gasteiger partial charge in [0.2, 0.25) is 6.79 Å². The summed E-state index contributed by atoms with van der Waals surface area (Å²) in [6, 6.07) is 33.7. The lowest BCUT2D eigenvalue weighted by Crippen LogP contribution is -2.29. The highest BCUT2D eigenvalue weighted by Gasteiger charge is 2.27. The number of fused-ring (bicyclic) bond motifs is 3. The van der Waals surface area contributed by atoms with Crippen LogP contribution in [-0.4, -0.2) is 82.0 Å². The summed E-state index contributed by atoms with van der Waals surface area (Å²) in [5.41, 5.74) is 9.50. The van der Waals surface area contributed by atoms with E-state index in [0.29, 0.717) is 48.5 Å². The first-order valence-electron chi connectivity index (χ1n) is 21.6. The van der Waals surface area contributed by atoms with Crippen LogP contribution in [0, 0.1) is 0 Å². The van der Waals surface area contributed by atoms with Gasteiger partial charge in [-0.3, -0.25) is 5.43 Å². The van der Waals surface area contributed by atoms with Crippen LogP contribution in [0.25, 0.3) is 11.1 Å². The van der Waals surface area contributed by atoms with Gasteiger partial charge in [-0.15, -0.1) is 0 Å². The lowest BCUT2D eigenvalue weighted by atomic mass is 10.1. The molecule has 0 fully saturated rings. The van der Waals surface area contributed by atoms with Gasteiger partial charge in [0, 0.05) is 36.8 Å². The van der Waals surface area contributed by atoms with E-state index in [2.05, 4.69) is 54.5 Å². The molecule has 0 radical (unpaired) electrons. The van der Waals surface area contributed by atoms with Crippen LogP contribution in [0.2, 0.25) is 0 Å². The van der Waals surface area contributed by atoms with Crippen LogP contribution in [0.3, 0.4) is 0 Å². The van der Waals surface area contributed by atoms with Crippen molar-refractivity contribution in [2.75, 3.05) is 39.8 Å². The molecule has 5 aromatic carbocycles. The number of unbranched alkanes of at least 4 members (excludes halogenated alkanes) is 1. The molecule has 15 heteroatoms. The van der Waals surface area contributed by atoms with E-state index < -0.39 is 36.0 Å². The Morgan fingerprint density at radius 1 is 0.618 bits per heavy atom. The molecule has 1 N–H and O–H groups in total. The molecule has 1 aliphatic carbocycles. The predicted molar refractivity (Wildman–Crippen MR) is 251 cm³/mol. The topological polar surface area (TPSA) is 184 Å². The second-order valence-electron chi connectivity index (χ2n) is 14.8. The molecular formula is C53H50N2O13. The summed E-state index contributed by atoms with van der Waals surface area (Å²) in [5.74, 6) is -1.90. The Hall–Kier alpha value is -8.30. The summed E-state index contributed by atoms with van der Waals surface area (Å²) in [6.07, 6.45) is 5.53. The normalized spacial score (nSPS) is 11.8. The minimum Gasteiger partial charge on any atom is -0.490 e. The number of nitrogens with zero attached hydrogens (tertiary/aromatic N) is 1. The van der Waals surface area contributed by atoms with E-state index in [9.17, 15) is 24.0 Å². The van der Waals surface area contributed by atoms with E-state index >= 15 is 0 Å². The third kappa shape index (κ3) is 14.3. The van der Waals surface area contributed by atoms with Gasteiger partial charge in [0.05, 0.1) is 43.2 Å². The summed E-state index contributed by atoms with van der Waals surface area (Å²) < 4.78 is 43.5. The Morgan fingerprint density at radius 3 is 1.88 bits per heavy atom. The van der Waals surface area contributed by atoms with Crippen LogP contribution in [-0.2, 0) is 44.5 Å². The molecule has 350 valence electrons. The third-order valence-electron chi connectivity index (χ3n) is 10.2. The van der Waals surface area contributed by atoms with Crippen LogP contribution in [0.5, 0.6) is 17.2 Å². The monoisotopic (exact) mass is 922 g/mol. The average molecular weight is 923 g/mol. The van der Waals surface area contributed by atoms with E-state index in [1.807, 2.05) is 24.3 Å². The summed E-state index contributed by atoms with van der Waals surface area (Å²) in [4.78, 5) is 60.9. The van der Waals surface area contributed by atoms with Crippen molar-refractivity contribution in [3.63, 3.8) is 0 Å². The van der Waals surface area contributed by atoms with Crippen molar-refractivity contribution in [1.29, 1.82) is 0 Å². The number of esters is 5. The van der Waals surface area contributed by atoms with Gasteiger partial charge in [-0.1, -0.05) is 74.3 Å². The van der Waals surface area contributed by atoms with E-state index in [4.69, 9.17) is 37.9 Å². The van der Waals surface area contributed by atoms with Crippen molar-refractivity contribution in [3.8, 4) is 28.4 Å².